The minimum atomic E-state index is -4.03. The Bertz CT molecular complexity index is 2160. The summed E-state index contributed by atoms with van der Waals surface area (Å²) in [7, 11) is -4.03. The first-order valence-electron chi connectivity index (χ1n) is 26.8. The van der Waals surface area contributed by atoms with Gasteiger partial charge in [0.1, 0.15) is 42.7 Å². The third-order valence-electron chi connectivity index (χ3n) is 11.3. The van der Waals surface area contributed by atoms with Crippen LogP contribution >= 0.6 is 0 Å². The number of carboxylic acid groups (broad SMARTS) is 3. The maximum atomic E-state index is 11.2. The van der Waals surface area contributed by atoms with E-state index >= 15 is 0 Å². The van der Waals surface area contributed by atoms with Gasteiger partial charge in [0.15, 0.2) is 12.6 Å². The zero-order valence-electron chi connectivity index (χ0n) is 49.1. The highest BCUT2D eigenvalue weighted by atomic mass is 32.2. The number of aryl methyl sites for hydroxylation is 1. The lowest BCUT2D eigenvalue weighted by atomic mass is 9.79. The fourth-order valence-electron chi connectivity index (χ4n) is 5.93. The summed E-state index contributed by atoms with van der Waals surface area (Å²) in [6.45, 7) is 18.4. The summed E-state index contributed by atoms with van der Waals surface area (Å²) in [6.07, 6.45) is -5.19. The molecule has 0 radical (unpaired) electrons. The monoisotopic (exact) mass is 1210 g/mol. The van der Waals surface area contributed by atoms with E-state index in [1.807, 2.05) is 6.92 Å². The molecule has 26 nitrogen and oxygen atoms in total. The number of aromatic carboxylic acids is 3. The second-order valence-electron chi connectivity index (χ2n) is 20.4. The number of aliphatic hydroxyl groups is 13. The molecule has 1 saturated heterocycles. The van der Waals surface area contributed by atoms with Gasteiger partial charge >= 0.3 is 17.9 Å². The number of carboxylic acids is 3. The third-order valence-corrected chi connectivity index (χ3v) is 12.2. The van der Waals surface area contributed by atoms with Gasteiger partial charge in [0, 0.05) is 13.2 Å². The van der Waals surface area contributed by atoms with Crippen LogP contribution < -0.4 is 17.2 Å². The molecular formula is C56H99N3O23S. The maximum absolute atomic E-state index is 11.2. The van der Waals surface area contributed by atoms with Crippen LogP contribution in [0.15, 0.2) is 71.6 Å². The standard InChI is InChI=1S/C15H22O2.C8H6O4.C8H10O3S.C6H12O6.C6H14O2.C5H12O6.C4H12N2.C4H11N/c1-14(2,3)11-7-10(13(16)17)8-12(9-11)15(4,5)6;9-7(10)5-1-2-6(4-3-5)8(11)12;1-2-7-3-5-8(6-4-7)12(9,10)11;7-1-2-3(8)4(9)5(10)6(11)12-2;7-5-3-1-2-4-6-8;6-1-2(7)3(8)4(9)5(10)11;5-3-1-2-4-6;1-2-3-4-5/h7-9H,1-6H3,(H,16,17);1-4H,(H,9,10)(H,11,12);3-6H,2H2,1H3,(H,9,10,11);2-11H,1H2;7-8H,1-6H2;2-11H,1H2;1-6H2;2-5H2,1H3/t;;;2?,3-,4-,5?,6+;;;;/m...1..../s1. The molecule has 1 aliphatic rings. The first kappa shape index (κ1) is 84.8. The molecule has 8 atom stereocenters. The van der Waals surface area contributed by atoms with Gasteiger partial charge in [-0.2, -0.15) is 8.42 Å². The van der Waals surface area contributed by atoms with E-state index in [1.54, 1.807) is 24.3 Å². The van der Waals surface area contributed by atoms with Crippen LogP contribution in [0.25, 0.3) is 0 Å². The van der Waals surface area contributed by atoms with Crippen molar-refractivity contribution in [3.63, 3.8) is 0 Å². The summed E-state index contributed by atoms with van der Waals surface area (Å²) in [5, 5.41) is 138. The Morgan fingerprint density at radius 3 is 1.22 bits per heavy atom. The molecule has 0 amide bonds. The van der Waals surface area contributed by atoms with Crippen molar-refractivity contribution in [1.29, 1.82) is 0 Å². The van der Waals surface area contributed by atoms with Crippen LogP contribution in [0.1, 0.15) is 155 Å². The number of benzene rings is 3. The second kappa shape index (κ2) is 46.6. The van der Waals surface area contributed by atoms with Gasteiger partial charge in [-0.1, -0.05) is 92.9 Å². The molecule has 1 heterocycles. The fraction of sp³-hybridized carbons (Fsp3) is 0.625. The number of unbranched alkanes of at least 4 members (excludes halogenated alkanes) is 5. The first-order valence-corrected chi connectivity index (χ1v) is 28.3. The normalized spacial score (nSPS) is 17.4. The van der Waals surface area contributed by atoms with Crippen molar-refractivity contribution in [1.82, 2.24) is 0 Å². The molecule has 3 aromatic carbocycles. The van der Waals surface area contributed by atoms with Crippen LogP contribution in [0.5, 0.6) is 0 Å². The van der Waals surface area contributed by atoms with Crippen molar-refractivity contribution in [2.45, 2.75) is 184 Å². The molecule has 0 spiro atoms. The minimum absolute atomic E-state index is 0.0362. The number of hydrogen-bond donors (Lipinski definition) is 20. The summed E-state index contributed by atoms with van der Waals surface area (Å²) in [5.41, 5.74) is 19.1. The molecule has 482 valence electrons. The van der Waals surface area contributed by atoms with Crippen LogP contribution in [0.4, 0.5) is 0 Å². The summed E-state index contributed by atoms with van der Waals surface area (Å²) in [4.78, 5) is 31.8. The molecule has 1 fully saturated rings. The number of carbonyl (C=O) groups is 3. The topological polar surface area (TPSA) is 517 Å². The average molecular weight is 1210 g/mol. The molecule has 0 aromatic heterocycles. The van der Waals surface area contributed by atoms with E-state index in [4.69, 9.17) is 103 Å². The molecule has 27 heteroatoms. The molecule has 0 aliphatic carbocycles. The van der Waals surface area contributed by atoms with E-state index in [1.165, 1.54) is 49.2 Å². The van der Waals surface area contributed by atoms with Crippen molar-refractivity contribution < 1.29 is 114 Å². The summed E-state index contributed by atoms with van der Waals surface area (Å²) in [6, 6.07) is 16.9. The van der Waals surface area contributed by atoms with Gasteiger partial charge in [-0.3, -0.25) is 4.55 Å². The summed E-state index contributed by atoms with van der Waals surface area (Å²) in [5.74, 6) is -2.99. The van der Waals surface area contributed by atoms with E-state index < -0.39 is 96.5 Å². The Labute approximate surface area is 487 Å². The molecule has 4 rings (SSSR count). The first-order chi connectivity index (χ1) is 38.5. The lowest BCUT2D eigenvalue weighted by Gasteiger charge is -2.37. The fourth-order valence-corrected chi connectivity index (χ4v) is 6.41. The Morgan fingerprint density at radius 1 is 0.554 bits per heavy atom. The van der Waals surface area contributed by atoms with Crippen molar-refractivity contribution in [3.8, 4) is 0 Å². The SMILES string of the molecule is CC(C)(C)c1cc(C(=O)O)cc(C(C)(C)C)c1.CCCCN.CCc1ccc(S(=O)(=O)O)cc1.NCCCCN.O=C(O)c1ccc(C(=O)O)cc1.OCC(O)C(O)C(O)C(O)O.OCC1O[C@H](O)C(O)[C@H](O)[C@@H]1O.OCCCCCCO. The highest BCUT2D eigenvalue weighted by molar-refractivity contribution is 7.85. The molecule has 83 heavy (non-hydrogen) atoms. The van der Waals surface area contributed by atoms with Gasteiger partial charge in [0.2, 0.25) is 0 Å². The molecule has 0 saturated carbocycles. The predicted molar refractivity (Wildman–Crippen MR) is 310 cm³/mol. The smallest absolute Gasteiger partial charge is 0.335 e. The Morgan fingerprint density at radius 2 is 0.952 bits per heavy atom. The zero-order chi connectivity index (χ0) is 65.3. The van der Waals surface area contributed by atoms with Crippen LogP contribution in [0, 0.1) is 0 Å². The highest BCUT2D eigenvalue weighted by Crippen LogP contribution is 2.30. The molecule has 23 N–H and O–H groups in total. The van der Waals surface area contributed by atoms with E-state index in [2.05, 4.69) is 59.3 Å². The van der Waals surface area contributed by atoms with E-state index in [0.717, 1.165) is 81.3 Å². The Kier molecular flexibility index (Phi) is 47.6. The molecule has 0 bridgehead atoms. The van der Waals surface area contributed by atoms with Crippen molar-refractivity contribution in [3.05, 3.63) is 100 Å². The van der Waals surface area contributed by atoms with Crippen LogP contribution in [0.2, 0.25) is 0 Å². The average Bonchev–Trinajstić information content (AvgIpc) is 3.48. The zero-order valence-corrected chi connectivity index (χ0v) is 49.9. The van der Waals surface area contributed by atoms with Gasteiger partial charge in [0.05, 0.1) is 34.8 Å². The van der Waals surface area contributed by atoms with Gasteiger partial charge in [0.25, 0.3) is 10.1 Å². The quantitative estimate of drug-likeness (QED) is 0.0420. The van der Waals surface area contributed by atoms with Crippen LogP contribution in [-0.2, 0) is 32.1 Å². The van der Waals surface area contributed by atoms with Crippen molar-refractivity contribution in [2.24, 2.45) is 17.2 Å². The van der Waals surface area contributed by atoms with Gasteiger partial charge < -0.3 is 104 Å². The van der Waals surface area contributed by atoms with Gasteiger partial charge in [-0.25, -0.2) is 14.4 Å². The molecule has 1 aliphatic heterocycles. The molecule has 3 aromatic rings. The lowest BCUT2D eigenvalue weighted by molar-refractivity contribution is -0.286. The molecule has 5 unspecified atom stereocenters. The molecular weight excluding hydrogens is 1110 g/mol. The number of ether oxygens (including phenoxy) is 1. The number of aliphatic hydroxyl groups excluding tert-OH is 12. The summed E-state index contributed by atoms with van der Waals surface area (Å²) < 4.78 is 34.4. The van der Waals surface area contributed by atoms with Crippen molar-refractivity contribution >= 4 is 28.0 Å². The predicted octanol–water partition coefficient (Wildman–Crippen LogP) is 0.670. The summed E-state index contributed by atoms with van der Waals surface area (Å²) >= 11 is 0. The van der Waals surface area contributed by atoms with Crippen molar-refractivity contribution in [2.75, 3.05) is 46.1 Å². The largest absolute Gasteiger partial charge is 0.478 e. The number of nitrogens with two attached hydrogens (primary N) is 3. The van der Waals surface area contributed by atoms with Crippen LogP contribution in [0.3, 0.4) is 0 Å². The minimum Gasteiger partial charge on any atom is -0.478 e. The maximum Gasteiger partial charge on any atom is 0.335 e. The number of rotatable bonds is 20. The lowest BCUT2D eigenvalue weighted by Crippen LogP contribution is -2.58. The van der Waals surface area contributed by atoms with Crippen LogP contribution in [-0.4, -0.2) is 214 Å². The van der Waals surface area contributed by atoms with E-state index in [0.29, 0.717) is 5.56 Å². The highest BCUT2D eigenvalue weighted by Gasteiger charge is 2.42. The Balaban J connectivity index is -0.000000440. The second-order valence-corrected chi connectivity index (χ2v) is 21.8. The van der Waals surface area contributed by atoms with Gasteiger partial charge in [-0.15, -0.1) is 0 Å². The van der Waals surface area contributed by atoms with E-state index in [9.17, 15) is 22.8 Å². The third kappa shape index (κ3) is 39.5. The number of hydrogen-bond acceptors (Lipinski definition) is 22. The van der Waals surface area contributed by atoms with E-state index in [-0.39, 0.29) is 40.1 Å². The Hall–Kier alpha value is -4.70. The van der Waals surface area contributed by atoms with Gasteiger partial charge in [-0.05, 0) is 134 Å².